The van der Waals surface area contributed by atoms with E-state index in [2.05, 4.69) is 45.0 Å². The molecule has 1 aliphatic heterocycles. The van der Waals surface area contributed by atoms with Gasteiger partial charge in [-0.2, -0.15) is 4.98 Å². The Morgan fingerprint density at radius 2 is 1.84 bits per heavy atom. The number of nitrogens with zero attached hydrogens (tertiary/aromatic N) is 4. The summed E-state index contributed by atoms with van der Waals surface area (Å²) in [5, 5.41) is 3.31. The summed E-state index contributed by atoms with van der Waals surface area (Å²) in [6.07, 6.45) is 4.56. The summed E-state index contributed by atoms with van der Waals surface area (Å²) in [6.45, 7) is 5.33. The molecule has 1 amide bonds. The molecule has 9 nitrogen and oxygen atoms in total. The zero-order valence-corrected chi connectivity index (χ0v) is 18.0. The van der Waals surface area contributed by atoms with E-state index in [1.165, 1.54) is 18.4 Å². The molecule has 2 saturated carbocycles. The second kappa shape index (κ2) is 8.41. The van der Waals surface area contributed by atoms with E-state index < -0.39 is 0 Å². The second-order valence-electron chi connectivity index (χ2n) is 8.70. The molecule has 1 aromatic carbocycles. The molecule has 5 N–H and O–H groups in total. The Labute approximate surface area is 182 Å². The number of benzene rings is 1. The summed E-state index contributed by atoms with van der Waals surface area (Å²) in [4.78, 5) is 30.0. The van der Waals surface area contributed by atoms with Crippen molar-refractivity contribution in [3.63, 3.8) is 0 Å². The van der Waals surface area contributed by atoms with Crippen LogP contribution in [0.2, 0.25) is 0 Å². The largest absolute Gasteiger partial charge is 0.372 e. The fourth-order valence-electron chi connectivity index (χ4n) is 4.84. The number of aromatic nitrogens is 2. The van der Waals surface area contributed by atoms with E-state index in [0.29, 0.717) is 11.0 Å². The summed E-state index contributed by atoms with van der Waals surface area (Å²) < 4.78 is 1.61. The maximum absolute atomic E-state index is 12.5. The van der Waals surface area contributed by atoms with Gasteiger partial charge in [-0.15, -0.1) is 0 Å². The molecule has 0 atom stereocenters. The zero-order valence-electron chi connectivity index (χ0n) is 18.0. The minimum Gasteiger partial charge on any atom is -0.372 e. The summed E-state index contributed by atoms with van der Waals surface area (Å²) in [5.74, 6) is 0.762. The Balaban J connectivity index is 0.000000730. The van der Waals surface area contributed by atoms with Crippen LogP contribution in [0.25, 0.3) is 5.69 Å². The lowest BCUT2D eigenvalue weighted by Crippen LogP contribution is -2.44. The van der Waals surface area contributed by atoms with Gasteiger partial charge in [0.15, 0.2) is 0 Å². The molecule has 2 aliphatic carbocycles. The van der Waals surface area contributed by atoms with Crippen LogP contribution in [0.5, 0.6) is 0 Å². The Morgan fingerprint density at radius 1 is 1.19 bits per heavy atom. The zero-order chi connectivity index (χ0) is 22.1. The van der Waals surface area contributed by atoms with Crippen LogP contribution in [-0.4, -0.2) is 66.2 Å². The average molecular weight is 426 g/mol. The summed E-state index contributed by atoms with van der Waals surface area (Å²) in [7, 11) is 2.20. The van der Waals surface area contributed by atoms with Crippen molar-refractivity contribution in [2.24, 2.45) is 16.9 Å². The van der Waals surface area contributed by atoms with E-state index >= 15 is 0 Å². The van der Waals surface area contributed by atoms with E-state index in [4.69, 9.17) is 10.5 Å². The minimum absolute atomic E-state index is 0.233. The van der Waals surface area contributed by atoms with E-state index in [0.717, 1.165) is 50.8 Å². The number of piperazine rings is 1. The maximum atomic E-state index is 12.5. The van der Waals surface area contributed by atoms with Gasteiger partial charge in [-0.3, -0.25) is 14.3 Å². The van der Waals surface area contributed by atoms with Gasteiger partial charge in [0.2, 0.25) is 6.41 Å². The van der Waals surface area contributed by atoms with Crippen molar-refractivity contribution in [3.8, 4) is 5.69 Å². The van der Waals surface area contributed by atoms with Gasteiger partial charge in [-0.1, -0.05) is 12.1 Å². The predicted octanol–water partition coefficient (Wildman–Crippen LogP) is -0.333. The van der Waals surface area contributed by atoms with E-state index in [9.17, 15) is 4.79 Å². The fraction of sp³-hybridized carbons (Fsp3) is 0.500. The van der Waals surface area contributed by atoms with Gasteiger partial charge in [0.25, 0.3) is 0 Å². The van der Waals surface area contributed by atoms with Gasteiger partial charge >= 0.3 is 5.69 Å². The topological polar surface area (TPSA) is 123 Å². The molecular weight excluding hydrogens is 394 g/mol. The Hall–Kier alpha value is -2.75. The van der Waals surface area contributed by atoms with Gasteiger partial charge in [0, 0.05) is 49.9 Å². The number of carbonyl (C=O) groups is 1. The quantitative estimate of drug-likeness (QED) is 0.542. The first-order valence-corrected chi connectivity index (χ1v) is 10.7. The smallest absolute Gasteiger partial charge is 0.354 e. The first-order chi connectivity index (χ1) is 15.0. The molecule has 5 rings (SSSR count). The van der Waals surface area contributed by atoms with Crippen LogP contribution in [-0.2, 0) is 11.3 Å². The molecule has 0 spiro atoms. The molecule has 9 heteroatoms. The summed E-state index contributed by atoms with van der Waals surface area (Å²) in [6, 6.07) is 10.1. The van der Waals surface area contributed by atoms with E-state index in [1.54, 1.807) is 4.57 Å². The average Bonchev–Trinajstić information content (AvgIpc) is 3.63. The third-order valence-electron chi connectivity index (χ3n) is 6.98. The highest BCUT2D eigenvalue weighted by molar-refractivity contribution is 5.42. The van der Waals surface area contributed by atoms with Crippen molar-refractivity contribution in [2.45, 2.75) is 24.9 Å². The van der Waals surface area contributed by atoms with Crippen LogP contribution in [0.4, 0.5) is 5.82 Å². The lowest BCUT2D eigenvalue weighted by molar-refractivity contribution is -0.106. The number of hydrogen-bond acceptors (Lipinski definition) is 7. The number of carbonyl (C=O) groups excluding carboxylic acids is 1. The molecule has 1 aromatic heterocycles. The molecule has 0 unspecified atom stereocenters. The van der Waals surface area contributed by atoms with Crippen molar-refractivity contribution < 1.29 is 4.79 Å². The molecule has 0 bridgehead atoms. The number of fused-ring (bicyclic) bond motifs is 1. The SMILES string of the molecule is CN(Cc1ccc(-n2ccc(N3CCNCC3)nc2=O)cc1)C12CC1(CN)C2.NC=O. The third kappa shape index (κ3) is 3.96. The fourth-order valence-corrected chi connectivity index (χ4v) is 4.84. The number of amides is 1. The molecule has 3 aliphatic rings. The normalized spacial score (nSPS) is 26.0. The molecule has 0 radical (unpaired) electrons. The predicted molar refractivity (Wildman–Crippen MR) is 120 cm³/mol. The second-order valence-corrected chi connectivity index (χ2v) is 8.70. The number of anilines is 1. The number of rotatable bonds is 6. The van der Waals surface area contributed by atoms with Gasteiger partial charge in [-0.05, 0) is 50.2 Å². The van der Waals surface area contributed by atoms with Crippen molar-refractivity contribution >= 4 is 12.2 Å². The van der Waals surface area contributed by atoms with Gasteiger partial charge in [0.05, 0.1) is 5.69 Å². The standard InChI is InChI=1S/C21H28N6O.CH3NO/c1-25(21-13-20(21,14-21)15-22)12-16-2-4-17(5-3-16)27-9-6-18(24-19(27)28)26-10-7-23-8-11-26;2-1-3/h2-6,9,23H,7-8,10-15,22H2,1H3;1H,(H2,2,3). The van der Waals surface area contributed by atoms with Gasteiger partial charge in [-0.25, -0.2) is 4.79 Å². The molecule has 1 saturated heterocycles. The maximum Gasteiger partial charge on any atom is 0.354 e. The highest BCUT2D eigenvalue weighted by Gasteiger charge is 2.83. The highest BCUT2D eigenvalue weighted by atomic mass is 16.1. The Morgan fingerprint density at radius 3 is 2.39 bits per heavy atom. The number of primary amides is 1. The first-order valence-electron chi connectivity index (χ1n) is 10.7. The number of nitrogens with two attached hydrogens (primary N) is 2. The van der Waals surface area contributed by atoms with Gasteiger partial charge in [0.1, 0.15) is 5.82 Å². The third-order valence-corrected chi connectivity index (χ3v) is 6.98. The van der Waals surface area contributed by atoms with Crippen LogP contribution >= 0.6 is 0 Å². The van der Waals surface area contributed by atoms with Crippen molar-refractivity contribution in [3.05, 3.63) is 52.6 Å². The number of hydrogen-bond donors (Lipinski definition) is 3. The summed E-state index contributed by atoms with van der Waals surface area (Å²) >= 11 is 0. The van der Waals surface area contributed by atoms with Crippen molar-refractivity contribution in [1.29, 1.82) is 0 Å². The Bertz CT molecular complexity index is 976. The van der Waals surface area contributed by atoms with Crippen LogP contribution in [0, 0.1) is 5.41 Å². The summed E-state index contributed by atoms with van der Waals surface area (Å²) in [5.41, 5.74) is 12.7. The van der Waals surface area contributed by atoms with Crippen molar-refractivity contribution in [2.75, 3.05) is 44.7 Å². The monoisotopic (exact) mass is 425 g/mol. The lowest BCUT2D eigenvalue weighted by Gasteiger charge is -2.28. The van der Waals surface area contributed by atoms with Crippen LogP contribution in [0.15, 0.2) is 41.3 Å². The van der Waals surface area contributed by atoms with Crippen LogP contribution < -0.4 is 27.4 Å². The van der Waals surface area contributed by atoms with Crippen molar-refractivity contribution in [1.82, 2.24) is 19.8 Å². The number of nitrogens with one attached hydrogen (secondary N) is 1. The van der Waals surface area contributed by atoms with E-state index in [-0.39, 0.29) is 12.1 Å². The minimum atomic E-state index is -0.233. The van der Waals surface area contributed by atoms with E-state index in [1.807, 2.05) is 24.4 Å². The molecule has 3 fully saturated rings. The highest BCUT2D eigenvalue weighted by Crippen LogP contribution is 2.80. The van der Waals surface area contributed by atoms with Gasteiger partial charge < -0.3 is 21.7 Å². The van der Waals surface area contributed by atoms with Crippen LogP contribution in [0.3, 0.4) is 0 Å². The Kier molecular flexibility index (Phi) is 5.83. The lowest BCUT2D eigenvalue weighted by atomic mass is 10.2. The molecule has 166 valence electrons. The van der Waals surface area contributed by atoms with Crippen LogP contribution in [0.1, 0.15) is 18.4 Å². The molecule has 2 heterocycles. The molecular formula is C22H31N7O2. The first kappa shape index (κ1) is 21.5. The molecule has 2 aromatic rings. The molecule has 31 heavy (non-hydrogen) atoms.